The Kier molecular flexibility index (Phi) is 6.33. The molecule has 3 nitrogen and oxygen atoms in total. The van der Waals surface area contributed by atoms with Crippen molar-refractivity contribution in [1.82, 2.24) is 0 Å². The van der Waals surface area contributed by atoms with Gasteiger partial charge in [0.05, 0.1) is 6.61 Å². The lowest BCUT2D eigenvalue weighted by Crippen LogP contribution is -2.13. The van der Waals surface area contributed by atoms with Gasteiger partial charge in [0, 0.05) is 0 Å². The van der Waals surface area contributed by atoms with Crippen molar-refractivity contribution in [2.75, 3.05) is 6.61 Å². The molecule has 3 heteroatoms. The maximum atomic E-state index is 11.0. The third-order valence-corrected chi connectivity index (χ3v) is 2.13. The van der Waals surface area contributed by atoms with E-state index in [1.54, 1.807) is 19.9 Å². The molecule has 96 valence electrons. The highest BCUT2D eigenvalue weighted by Gasteiger charge is 2.05. The van der Waals surface area contributed by atoms with Crippen LogP contribution in [0.3, 0.4) is 0 Å². The molecule has 0 saturated heterocycles. The van der Waals surface area contributed by atoms with Crippen molar-refractivity contribution >= 4 is 12.2 Å². The van der Waals surface area contributed by atoms with Gasteiger partial charge in [-0.05, 0) is 25.5 Å². The molecule has 0 fully saturated rings. The molecule has 0 saturated carbocycles. The first kappa shape index (κ1) is 14.0. The molecule has 0 bridgehead atoms. The van der Waals surface area contributed by atoms with Crippen LogP contribution in [-0.4, -0.2) is 18.9 Å². The summed E-state index contributed by atoms with van der Waals surface area (Å²) in [5.41, 5.74) is 1.13. The highest BCUT2D eigenvalue weighted by Crippen LogP contribution is 2.02. The summed E-state index contributed by atoms with van der Waals surface area (Å²) in [6.45, 7) is 3.84. The monoisotopic (exact) mass is 246 g/mol. The minimum absolute atomic E-state index is 0.301. The van der Waals surface area contributed by atoms with Gasteiger partial charge in [-0.15, -0.1) is 0 Å². The molecule has 1 unspecified atom stereocenters. The Morgan fingerprint density at radius 3 is 2.67 bits per heavy atom. The largest absolute Gasteiger partial charge is 0.508 e. The Bertz CT molecular complexity index is 407. The van der Waals surface area contributed by atoms with E-state index in [1.807, 2.05) is 48.6 Å². The lowest BCUT2D eigenvalue weighted by molar-refractivity contribution is 0.0454. The molecule has 0 aliphatic heterocycles. The molecule has 0 amide bonds. The predicted molar refractivity (Wildman–Crippen MR) is 72.2 cm³/mol. The van der Waals surface area contributed by atoms with E-state index in [0.717, 1.165) is 5.56 Å². The second-order valence-corrected chi connectivity index (χ2v) is 3.66. The summed E-state index contributed by atoms with van der Waals surface area (Å²) in [6.07, 6.45) is 6.58. The molecule has 0 aliphatic rings. The minimum Gasteiger partial charge on any atom is -0.435 e. The highest BCUT2D eigenvalue weighted by atomic mass is 16.7. The lowest BCUT2D eigenvalue weighted by atomic mass is 10.2. The third kappa shape index (κ3) is 5.89. The Hall–Kier alpha value is -2.03. The summed E-state index contributed by atoms with van der Waals surface area (Å²) in [5.74, 6) is 0. The summed E-state index contributed by atoms with van der Waals surface area (Å²) in [4.78, 5) is 11.0. The van der Waals surface area contributed by atoms with E-state index in [1.165, 1.54) is 0 Å². The normalized spacial score (nSPS) is 12.8. The summed E-state index contributed by atoms with van der Waals surface area (Å²) >= 11 is 0. The summed E-state index contributed by atoms with van der Waals surface area (Å²) < 4.78 is 9.64. The van der Waals surface area contributed by atoms with Crippen LogP contribution in [0.25, 0.3) is 6.08 Å². The van der Waals surface area contributed by atoms with Crippen molar-refractivity contribution in [2.24, 2.45) is 0 Å². The first-order chi connectivity index (χ1) is 8.72. The Labute approximate surface area is 108 Å². The summed E-state index contributed by atoms with van der Waals surface area (Å²) in [5, 5.41) is 0. The summed E-state index contributed by atoms with van der Waals surface area (Å²) in [7, 11) is 0. The fraction of sp³-hybridized carbons (Fsp3) is 0.267. The average molecular weight is 246 g/mol. The van der Waals surface area contributed by atoms with Gasteiger partial charge in [-0.2, -0.15) is 0 Å². The van der Waals surface area contributed by atoms with Crippen molar-refractivity contribution in [3.05, 3.63) is 54.1 Å². The number of carbonyl (C=O) groups excluding carboxylic acids is 1. The van der Waals surface area contributed by atoms with Gasteiger partial charge in [-0.1, -0.05) is 48.6 Å². The first-order valence-electron chi connectivity index (χ1n) is 5.95. The van der Waals surface area contributed by atoms with Crippen LogP contribution in [0, 0.1) is 0 Å². The van der Waals surface area contributed by atoms with E-state index < -0.39 is 6.16 Å². The molecule has 1 rings (SSSR count). The predicted octanol–water partition coefficient (Wildman–Crippen LogP) is 3.82. The number of hydrogen-bond donors (Lipinski definition) is 0. The highest BCUT2D eigenvalue weighted by molar-refractivity contribution is 5.60. The molecule has 1 atom stereocenters. The van der Waals surface area contributed by atoms with Crippen molar-refractivity contribution in [3.63, 3.8) is 0 Å². The van der Waals surface area contributed by atoms with Gasteiger partial charge in [0.15, 0.2) is 0 Å². The standard InChI is InChI=1S/C15H18O3/c1-3-17-15(16)18-13(2)9-7-8-12-14-10-5-4-6-11-14/h4-13H,3H2,1-2H3/b9-7+,12-8+. The van der Waals surface area contributed by atoms with Gasteiger partial charge in [0.1, 0.15) is 6.10 Å². The second-order valence-electron chi connectivity index (χ2n) is 3.66. The van der Waals surface area contributed by atoms with Crippen LogP contribution in [0.15, 0.2) is 48.6 Å². The Balaban J connectivity index is 2.36. The SMILES string of the molecule is CCOC(=O)OC(C)/C=C/C=C/c1ccccc1. The maximum Gasteiger partial charge on any atom is 0.508 e. The molecular formula is C15H18O3. The second kappa shape index (κ2) is 8.12. The number of hydrogen-bond acceptors (Lipinski definition) is 3. The van der Waals surface area contributed by atoms with Crippen molar-refractivity contribution in [2.45, 2.75) is 20.0 Å². The number of ether oxygens (including phenoxy) is 2. The Morgan fingerprint density at radius 2 is 2.00 bits per heavy atom. The van der Waals surface area contributed by atoms with Crippen LogP contribution < -0.4 is 0 Å². The molecule has 0 spiro atoms. The number of carbonyl (C=O) groups is 1. The summed E-state index contributed by atoms with van der Waals surface area (Å²) in [6, 6.07) is 9.97. The molecular weight excluding hydrogens is 228 g/mol. The topological polar surface area (TPSA) is 35.5 Å². The third-order valence-electron chi connectivity index (χ3n) is 2.13. The van der Waals surface area contributed by atoms with Crippen molar-refractivity contribution < 1.29 is 14.3 Å². The van der Waals surface area contributed by atoms with Gasteiger partial charge < -0.3 is 9.47 Å². The van der Waals surface area contributed by atoms with E-state index >= 15 is 0 Å². The van der Waals surface area contributed by atoms with Crippen LogP contribution in [0.1, 0.15) is 19.4 Å². The van der Waals surface area contributed by atoms with Crippen LogP contribution in [0.5, 0.6) is 0 Å². The van der Waals surface area contributed by atoms with Crippen molar-refractivity contribution in [3.8, 4) is 0 Å². The molecule has 0 heterocycles. The van der Waals surface area contributed by atoms with Gasteiger partial charge in [-0.3, -0.25) is 0 Å². The van der Waals surface area contributed by atoms with E-state index in [2.05, 4.69) is 4.74 Å². The molecule has 0 N–H and O–H groups in total. The quantitative estimate of drug-likeness (QED) is 0.585. The number of allylic oxidation sites excluding steroid dienone is 2. The molecule has 18 heavy (non-hydrogen) atoms. The van der Waals surface area contributed by atoms with Crippen LogP contribution in [-0.2, 0) is 9.47 Å². The van der Waals surface area contributed by atoms with E-state index in [0.29, 0.717) is 6.61 Å². The molecule has 0 aromatic heterocycles. The number of benzene rings is 1. The fourth-order valence-corrected chi connectivity index (χ4v) is 1.29. The maximum absolute atomic E-state index is 11.0. The van der Waals surface area contributed by atoms with Gasteiger partial charge in [-0.25, -0.2) is 4.79 Å². The molecule has 0 radical (unpaired) electrons. The van der Waals surface area contributed by atoms with E-state index in [-0.39, 0.29) is 6.10 Å². The van der Waals surface area contributed by atoms with Crippen molar-refractivity contribution in [1.29, 1.82) is 0 Å². The van der Waals surface area contributed by atoms with Crippen LogP contribution >= 0.6 is 0 Å². The van der Waals surface area contributed by atoms with Gasteiger partial charge in [0.2, 0.25) is 0 Å². The Morgan fingerprint density at radius 1 is 1.28 bits per heavy atom. The van der Waals surface area contributed by atoms with E-state index in [9.17, 15) is 4.79 Å². The van der Waals surface area contributed by atoms with E-state index in [4.69, 9.17) is 4.74 Å². The number of rotatable bonds is 5. The first-order valence-corrected chi connectivity index (χ1v) is 5.95. The fourth-order valence-electron chi connectivity index (χ4n) is 1.29. The average Bonchev–Trinajstić information content (AvgIpc) is 2.36. The molecule has 0 aliphatic carbocycles. The zero-order valence-electron chi connectivity index (χ0n) is 10.7. The van der Waals surface area contributed by atoms with Gasteiger partial charge in [0.25, 0.3) is 0 Å². The molecule has 1 aromatic carbocycles. The zero-order chi connectivity index (χ0) is 13.2. The van der Waals surface area contributed by atoms with Crippen LogP contribution in [0.2, 0.25) is 0 Å². The smallest absolute Gasteiger partial charge is 0.435 e. The van der Waals surface area contributed by atoms with Gasteiger partial charge >= 0.3 is 6.16 Å². The minimum atomic E-state index is -0.637. The lowest BCUT2D eigenvalue weighted by Gasteiger charge is -2.07. The zero-order valence-corrected chi connectivity index (χ0v) is 10.7. The van der Waals surface area contributed by atoms with Crippen LogP contribution in [0.4, 0.5) is 4.79 Å². The molecule has 1 aromatic rings.